The number of aldehydes is 1. The van der Waals surface area contributed by atoms with Crippen LogP contribution < -0.4 is 0 Å². The number of amides is 1. The molecular formula is C17H22ClNO3. The maximum Gasteiger partial charge on any atom is 0.410 e. The Hall–Kier alpha value is -1.55. The van der Waals surface area contributed by atoms with Crippen molar-refractivity contribution in [1.29, 1.82) is 0 Å². The molecule has 120 valence electrons. The third-order valence-electron chi connectivity index (χ3n) is 3.80. The fourth-order valence-electron chi connectivity index (χ4n) is 2.76. The normalized spacial score (nSPS) is 19.8. The van der Waals surface area contributed by atoms with Gasteiger partial charge in [0.05, 0.1) is 0 Å². The monoisotopic (exact) mass is 323 g/mol. The van der Waals surface area contributed by atoms with Crippen molar-refractivity contribution >= 4 is 24.0 Å². The summed E-state index contributed by atoms with van der Waals surface area (Å²) in [5.41, 5.74) is 0.317. The molecule has 0 aliphatic carbocycles. The van der Waals surface area contributed by atoms with Crippen LogP contribution in [0.1, 0.15) is 38.7 Å². The van der Waals surface area contributed by atoms with Crippen molar-refractivity contribution in [3.63, 3.8) is 0 Å². The van der Waals surface area contributed by atoms with Gasteiger partial charge in [0.15, 0.2) is 0 Å². The Bertz CT molecular complexity index is 553. The molecule has 1 aliphatic heterocycles. The van der Waals surface area contributed by atoms with Gasteiger partial charge in [0.1, 0.15) is 11.9 Å². The number of carbonyl (C=O) groups is 2. The Balaban J connectivity index is 2.07. The molecule has 1 amide bonds. The maximum absolute atomic E-state index is 12.1. The van der Waals surface area contributed by atoms with Gasteiger partial charge in [0.25, 0.3) is 0 Å². The predicted octanol–water partition coefficient (Wildman–Crippen LogP) is 3.88. The average molecular weight is 324 g/mol. The van der Waals surface area contributed by atoms with Crippen LogP contribution in [0.3, 0.4) is 0 Å². The van der Waals surface area contributed by atoms with Crippen molar-refractivity contribution in [1.82, 2.24) is 4.90 Å². The highest BCUT2D eigenvalue weighted by Gasteiger charge is 2.35. The molecule has 0 radical (unpaired) electrons. The first-order valence-electron chi connectivity index (χ1n) is 7.49. The van der Waals surface area contributed by atoms with Crippen molar-refractivity contribution in [2.75, 3.05) is 13.1 Å². The van der Waals surface area contributed by atoms with E-state index in [2.05, 4.69) is 0 Å². The van der Waals surface area contributed by atoms with Crippen LogP contribution in [-0.4, -0.2) is 36.0 Å². The quantitative estimate of drug-likeness (QED) is 0.793. The second-order valence-electron chi connectivity index (χ2n) is 6.66. The van der Waals surface area contributed by atoms with Crippen molar-refractivity contribution in [2.24, 2.45) is 5.92 Å². The lowest BCUT2D eigenvalue weighted by molar-refractivity contribution is -0.110. The first kappa shape index (κ1) is 16.8. The van der Waals surface area contributed by atoms with Gasteiger partial charge in [-0.25, -0.2) is 4.79 Å². The summed E-state index contributed by atoms with van der Waals surface area (Å²) in [5, 5.41) is 0.593. The Kier molecular flexibility index (Phi) is 5.12. The van der Waals surface area contributed by atoms with Crippen molar-refractivity contribution in [3.05, 3.63) is 34.9 Å². The predicted molar refractivity (Wildman–Crippen MR) is 86.2 cm³/mol. The number of ether oxygens (including phenoxy) is 1. The Labute approximate surface area is 136 Å². The smallest absolute Gasteiger partial charge is 0.410 e. The highest BCUT2D eigenvalue weighted by molar-refractivity contribution is 6.31. The standard InChI is InChI=1S/C17H22ClNO3/c1-17(2,3)22-16(21)19-9-8-12(10-19)14(11-20)13-6-4-5-7-15(13)18/h4-7,11-12,14H,8-10H2,1-3H3. The van der Waals surface area contributed by atoms with Crippen LogP contribution in [0.5, 0.6) is 0 Å². The van der Waals surface area contributed by atoms with E-state index in [9.17, 15) is 9.59 Å². The summed E-state index contributed by atoms with van der Waals surface area (Å²) in [4.78, 5) is 25.3. The van der Waals surface area contributed by atoms with Crippen molar-refractivity contribution in [2.45, 2.75) is 38.7 Å². The van der Waals surface area contributed by atoms with E-state index in [1.165, 1.54) is 0 Å². The van der Waals surface area contributed by atoms with Gasteiger partial charge in [0, 0.05) is 24.0 Å². The SMILES string of the molecule is CC(C)(C)OC(=O)N1CCC(C(C=O)c2ccccc2Cl)C1. The van der Waals surface area contributed by atoms with E-state index in [4.69, 9.17) is 16.3 Å². The van der Waals surface area contributed by atoms with Gasteiger partial charge in [-0.2, -0.15) is 0 Å². The van der Waals surface area contributed by atoms with Crippen LogP contribution in [0.2, 0.25) is 5.02 Å². The lowest BCUT2D eigenvalue weighted by Gasteiger charge is -2.25. The Morgan fingerprint density at radius 3 is 2.68 bits per heavy atom. The minimum atomic E-state index is -0.512. The third-order valence-corrected chi connectivity index (χ3v) is 4.14. The molecule has 5 heteroatoms. The lowest BCUT2D eigenvalue weighted by atomic mass is 9.86. The Morgan fingerprint density at radius 1 is 1.41 bits per heavy atom. The molecule has 0 N–H and O–H groups in total. The van der Waals surface area contributed by atoms with E-state index in [1.807, 2.05) is 39.0 Å². The van der Waals surface area contributed by atoms with Gasteiger partial charge in [-0.05, 0) is 44.7 Å². The number of nitrogens with zero attached hydrogens (tertiary/aromatic N) is 1. The molecule has 1 aromatic carbocycles. The molecule has 1 aliphatic rings. The molecule has 0 bridgehead atoms. The zero-order valence-corrected chi connectivity index (χ0v) is 14.0. The largest absolute Gasteiger partial charge is 0.444 e. The van der Waals surface area contributed by atoms with Gasteiger partial charge in [-0.1, -0.05) is 29.8 Å². The van der Waals surface area contributed by atoms with E-state index < -0.39 is 5.60 Å². The van der Waals surface area contributed by atoms with Crippen LogP contribution in [0.4, 0.5) is 4.79 Å². The van der Waals surface area contributed by atoms with Crippen molar-refractivity contribution in [3.8, 4) is 0 Å². The van der Waals surface area contributed by atoms with Gasteiger partial charge < -0.3 is 14.4 Å². The first-order valence-corrected chi connectivity index (χ1v) is 7.87. The van der Waals surface area contributed by atoms with Crippen LogP contribution in [0.25, 0.3) is 0 Å². The molecule has 1 aromatic rings. The van der Waals surface area contributed by atoms with E-state index in [1.54, 1.807) is 11.0 Å². The van der Waals surface area contributed by atoms with E-state index in [0.717, 1.165) is 18.3 Å². The molecule has 2 rings (SSSR count). The summed E-state index contributed by atoms with van der Waals surface area (Å²) in [7, 11) is 0. The zero-order valence-electron chi connectivity index (χ0n) is 13.2. The summed E-state index contributed by atoms with van der Waals surface area (Å²) in [6.45, 7) is 6.65. The van der Waals surface area contributed by atoms with E-state index in [0.29, 0.717) is 18.1 Å². The van der Waals surface area contributed by atoms with Crippen LogP contribution in [0.15, 0.2) is 24.3 Å². The van der Waals surface area contributed by atoms with Crippen molar-refractivity contribution < 1.29 is 14.3 Å². The highest BCUT2D eigenvalue weighted by Crippen LogP contribution is 2.34. The molecule has 1 fully saturated rings. The number of halogens is 1. The van der Waals surface area contributed by atoms with Gasteiger partial charge in [-0.15, -0.1) is 0 Å². The summed E-state index contributed by atoms with van der Waals surface area (Å²) in [6, 6.07) is 7.37. The Morgan fingerprint density at radius 2 is 2.09 bits per heavy atom. The van der Waals surface area contributed by atoms with Gasteiger partial charge in [-0.3, -0.25) is 0 Å². The molecule has 0 saturated carbocycles. The van der Waals surface area contributed by atoms with E-state index >= 15 is 0 Å². The molecule has 1 heterocycles. The second kappa shape index (κ2) is 6.69. The lowest BCUT2D eigenvalue weighted by Crippen LogP contribution is -2.35. The fourth-order valence-corrected chi connectivity index (χ4v) is 3.02. The van der Waals surface area contributed by atoms with Crippen LogP contribution in [0, 0.1) is 5.92 Å². The minimum absolute atomic E-state index is 0.0740. The number of benzene rings is 1. The topological polar surface area (TPSA) is 46.6 Å². The third kappa shape index (κ3) is 4.01. The zero-order chi connectivity index (χ0) is 16.3. The summed E-state index contributed by atoms with van der Waals surface area (Å²) >= 11 is 6.20. The minimum Gasteiger partial charge on any atom is -0.444 e. The molecule has 4 nitrogen and oxygen atoms in total. The summed E-state index contributed by atoms with van der Waals surface area (Å²) in [6.07, 6.45) is 1.39. The molecule has 0 spiro atoms. The van der Waals surface area contributed by atoms with Crippen LogP contribution in [-0.2, 0) is 9.53 Å². The number of hydrogen-bond donors (Lipinski definition) is 0. The number of likely N-dealkylation sites (tertiary alicyclic amines) is 1. The molecule has 2 atom stereocenters. The first-order chi connectivity index (χ1) is 10.3. The average Bonchev–Trinajstić information content (AvgIpc) is 2.89. The summed E-state index contributed by atoms with van der Waals surface area (Å²) in [5.74, 6) is -0.217. The number of hydrogen-bond acceptors (Lipinski definition) is 3. The molecule has 0 aromatic heterocycles. The maximum atomic E-state index is 12.1. The van der Waals surface area contributed by atoms with Gasteiger partial charge in [0.2, 0.25) is 0 Å². The second-order valence-corrected chi connectivity index (χ2v) is 7.07. The summed E-state index contributed by atoms with van der Waals surface area (Å²) < 4.78 is 5.39. The van der Waals surface area contributed by atoms with E-state index in [-0.39, 0.29) is 17.9 Å². The van der Waals surface area contributed by atoms with Crippen LogP contribution >= 0.6 is 11.6 Å². The number of rotatable bonds is 3. The highest BCUT2D eigenvalue weighted by atomic mass is 35.5. The molecule has 22 heavy (non-hydrogen) atoms. The molecule has 1 saturated heterocycles. The number of carbonyl (C=O) groups excluding carboxylic acids is 2. The molecular weight excluding hydrogens is 302 g/mol. The fraction of sp³-hybridized carbons (Fsp3) is 0.529. The molecule has 2 unspecified atom stereocenters. The van der Waals surface area contributed by atoms with Gasteiger partial charge >= 0.3 is 6.09 Å².